The molecule has 0 aliphatic rings. The summed E-state index contributed by atoms with van der Waals surface area (Å²) in [7, 11) is -3.98. The van der Waals surface area contributed by atoms with E-state index < -0.39 is 28.7 Å². The van der Waals surface area contributed by atoms with Crippen molar-refractivity contribution in [3.05, 3.63) is 28.2 Å². The van der Waals surface area contributed by atoms with Gasteiger partial charge in [0.05, 0.1) is 23.2 Å². The fourth-order valence-electron chi connectivity index (χ4n) is 1.19. The largest absolute Gasteiger partial charge is 0.478 e. The SMILES string of the molecule is O=C(O)c1ccc(Br)c(S(=O)(=O)NCC(O)CO)c1. The van der Waals surface area contributed by atoms with Crippen molar-refractivity contribution in [3.63, 3.8) is 0 Å². The summed E-state index contributed by atoms with van der Waals surface area (Å²) >= 11 is 3.02. The van der Waals surface area contributed by atoms with Crippen LogP contribution in [0.25, 0.3) is 0 Å². The van der Waals surface area contributed by atoms with Crippen molar-refractivity contribution in [2.24, 2.45) is 0 Å². The van der Waals surface area contributed by atoms with Crippen molar-refractivity contribution in [2.75, 3.05) is 13.2 Å². The molecule has 9 heteroatoms. The highest BCUT2D eigenvalue weighted by atomic mass is 79.9. The third-order valence-corrected chi connectivity index (χ3v) is 4.60. The number of sulfonamides is 1. The molecular weight excluding hydrogens is 342 g/mol. The number of hydrogen-bond donors (Lipinski definition) is 4. The van der Waals surface area contributed by atoms with Crippen molar-refractivity contribution in [2.45, 2.75) is 11.0 Å². The molecule has 0 radical (unpaired) electrons. The third kappa shape index (κ3) is 4.25. The molecule has 0 amide bonds. The van der Waals surface area contributed by atoms with Crippen LogP contribution in [0, 0.1) is 0 Å². The Morgan fingerprint density at radius 2 is 2.05 bits per heavy atom. The Morgan fingerprint density at radius 3 is 2.58 bits per heavy atom. The normalized spacial score (nSPS) is 13.2. The van der Waals surface area contributed by atoms with Gasteiger partial charge >= 0.3 is 5.97 Å². The quantitative estimate of drug-likeness (QED) is 0.560. The third-order valence-electron chi connectivity index (χ3n) is 2.19. The van der Waals surface area contributed by atoms with Crippen molar-refractivity contribution >= 4 is 31.9 Å². The van der Waals surface area contributed by atoms with E-state index in [0.717, 1.165) is 6.07 Å². The average Bonchev–Trinajstić information content (AvgIpc) is 2.36. The van der Waals surface area contributed by atoms with Gasteiger partial charge in [0.25, 0.3) is 0 Å². The fourth-order valence-corrected chi connectivity index (χ4v) is 3.25. The molecule has 0 heterocycles. The molecule has 7 nitrogen and oxygen atoms in total. The van der Waals surface area contributed by atoms with Crippen LogP contribution in [0.1, 0.15) is 10.4 Å². The van der Waals surface area contributed by atoms with Crippen LogP contribution >= 0.6 is 15.9 Å². The number of carbonyl (C=O) groups is 1. The van der Waals surface area contributed by atoms with Crippen molar-refractivity contribution in [1.29, 1.82) is 0 Å². The van der Waals surface area contributed by atoms with Gasteiger partial charge in [-0.15, -0.1) is 0 Å². The summed E-state index contributed by atoms with van der Waals surface area (Å²) in [6.07, 6.45) is -1.23. The molecule has 1 rings (SSSR count). The molecule has 0 aliphatic heterocycles. The first-order chi connectivity index (χ1) is 8.77. The highest BCUT2D eigenvalue weighted by molar-refractivity contribution is 9.10. The Balaban J connectivity index is 3.06. The minimum Gasteiger partial charge on any atom is -0.478 e. The molecule has 1 unspecified atom stereocenters. The Labute approximate surface area is 118 Å². The van der Waals surface area contributed by atoms with Gasteiger partial charge in [0.15, 0.2) is 0 Å². The summed E-state index contributed by atoms with van der Waals surface area (Å²) in [5.74, 6) is -1.25. The number of aromatic carboxylic acids is 1. The Bertz CT molecular complexity index is 573. The second kappa shape index (κ2) is 6.44. The van der Waals surface area contributed by atoms with E-state index in [1.54, 1.807) is 0 Å². The van der Waals surface area contributed by atoms with E-state index >= 15 is 0 Å². The monoisotopic (exact) mass is 353 g/mol. The van der Waals surface area contributed by atoms with Crippen molar-refractivity contribution in [3.8, 4) is 0 Å². The van der Waals surface area contributed by atoms with E-state index in [1.165, 1.54) is 12.1 Å². The molecule has 4 N–H and O–H groups in total. The zero-order valence-corrected chi connectivity index (χ0v) is 12.0. The number of aliphatic hydroxyl groups excluding tert-OH is 2. The zero-order valence-electron chi connectivity index (χ0n) is 9.58. The summed E-state index contributed by atoms with van der Waals surface area (Å²) < 4.78 is 26.1. The van der Waals surface area contributed by atoms with Crippen LogP contribution in [0.15, 0.2) is 27.6 Å². The first-order valence-corrected chi connectivity index (χ1v) is 7.37. The average molecular weight is 354 g/mol. The molecule has 0 bridgehead atoms. The molecule has 1 aromatic rings. The summed E-state index contributed by atoms with van der Waals surface area (Å²) in [5, 5.41) is 26.5. The second-order valence-electron chi connectivity index (χ2n) is 3.64. The first-order valence-electron chi connectivity index (χ1n) is 5.09. The van der Waals surface area contributed by atoms with Crippen LogP contribution in [-0.4, -0.2) is 49.0 Å². The fraction of sp³-hybridized carbons (Fsp3) is 0.300. The Morgan fingerprint density at radius 1 is 1.42 bits per heavy atom. The topological polar surface area (TPSA) is 124 Å². The molecule has 1 aromatic carbocycles. The van der Waals surface area contributed by atoms with E-state index in [1.807, 2.05) is 0 Å². The van der Waals surface area contributed by atoms with Gasteiger partial charge in [0, 0.05) is 11.0 Å². The molecule has 106 valence electrons. The van der Waals surface area contributed by atoms with Gasteiger partial charge in [0.1, 0.15) is 0 Å². The molecular formula is C10H12BrNO6S. The van der Waals surface area contributed by atoms with Crippen LogP contribution in [0.3, 0.4) is 0 Å². The maximum atomic E-state index is 11.9. The highest BCUT2D eigenvalue weighted by Crippen LogP contribution is 2.23. The molecule has 0 fully saturated rings. The molecule has 1 atom stereocenters. The summed E-state index contributed by atoms with van der Waals surface area (Å²) in [6, 6.07) is 3.56. The smallest absolute Gasteiger partial charge is 0.335 e. The summed E-state index contributed by atoms with van der Waals surface area (Å²) in [4.78, 5) is 10.5. The lowest BCUT2D eigenvalue weighted by Crippen LogP contribution is -2.34. The summed E-state index contributed by atoms with van der Waals surface area (Å²) in [5.41, 5.74) is -0.175. The van der Waals surface area contributed by atoms with Gasteiger partial charge in [-0.1, -0.05) is 0 Å². The van der Waals surface area contributed by atoms with Gasteiger partial charge in [0.2, 0.25) is 10.0 Å². The first kappa shape index (κ1) is 16.1. The predicted molar refractivity (Wildman–Crippen MR) is 69.4 cm³/mol. The summed E-state index contributed by atoms with van der Waals surface area (Å²) in [6.45, 7) is -0.957. The van der Waals surface area contributed by atoms with Crippen LogP contribution in [0.5, 0.6) is 0 Å². The van der Waals surface area contributed by atoms with E-state index in [9.17, 15) is 13.2 Å². The number of carboxylic acids is 1. The van der Waals surface area contributed by atoms with Gasteiger partial charge in [-0.2, -0.15) is 0 Å². The van der Waals surface area contributed by atoms with Crippen LogP contribution in [0.2, 0.25) is 0 Å². The van der Waals surface area contributed by atoms with E-state index in [0.29, 0.717) is 0 Å². The minimum absolute atomic E-state index is 0.175. The van der Waals surface area contributed by atoms with E-state index in [-0.39, 0.29) is 21.5 Å². The molecule has 0 saturated carbocycles. The molecule has 0 saturated heterocycles. The van der Waals surface area contributed by atoms with Gasteiger partial charge in [-0.3, -0.25) is 0 Å². The van der Waals surface area contributed by atoms with Crippen LogP contribution in [0.4, 0.5) is 0 Å². The van der Waals surface area contributed by atoms with Crippen molar-refractivity contribution < 1.29 is 28.5 Å². The van der Waals surface area contributed by atoms with Gasteiger partial charge < -0.3 is 15.3 Å². The molecule has 0 aromatic heterocycles. The number of rotatable bonds is 6. The number of nitrogens with one attached hydrogen (secondary N) is 1. The van der Waals surface area contributed by atoms with Crippen LogP contribution in [-0.2, 0) is 10.0 Å². The standard InChI is InChI=1S/C10H12BrNO6S/c11-8-2-1-6(10(15)16)3-9(8)19(17,18)12-4-7(14)5-13/h1-3,7,12-14H,4-5H2,(H,15,16). The Hall–Kier alpha value is -1.00. The number of carboxylic acid groups (broad SMARTS) is 1. The molecule has 0 aliphatic carbocycles. The van der Waals surface area contributed by atoms with Gasteiger partial charge in [-0.05, 0) is 34.1 Å². The van der Waals surface area contributed by atoms with E-state index in [2.05, 4.69) is 20.7 Å². The number of hydrogen-bond acceptors (Lipinski definition) is 5. The lowest BCUT2D eigenvalue weighted by molar-refractivity contribution is 0.0696. The predicted octanol–water partition coefficient (Wildman–Crippen LogP) is -0.221. The van der Waals surface area contributed by atoms with E-state index in [4.69, 9.17) is 15.3 Å². The molecule has 0 spiro atoms. The highest BCUT2D eigenvalue weighted by Gasteiger charge is 2.20. The van der Waals surface area contributed by atoms with Crippen molar-refractivity contribution in [1.82, 2.24) is 4.72 Å². The number of halogens is 1. The number of benzene rings is 1. The Kier molecular flexibility index (Phi) is 5.44. The maximum Gasteiger partial charge on any atom is 0.335 e. The zero-order chi connectivity index (χ0) is 14.6. The molecule has 19 heavy (non-hydrogen) atoms. The lowest BCUT2D eigenvalue weighted by Gasteiger charge is -2.11. The maximum absolute atomic E-state index is 11.9. The minimum atomic E-state index is -3.98. The van der Waals surface area contributed by atoms with Gasteiger partial charge in [-0.25, -0.2) is 17.9 Å². The number of aliphatic hydroxyl groups is 2. The lowest BCUT2D eigenvalue weighted by atomic mass is 10.2. The van der Waals surface area contributed by atoms with Crippen LogP contribution < -0.4 is 4.72 Å². The second-order valence-corrected chi connectivity index (χ2v) is 6.23.